The largest absolute Gasteiger partial charge is 0.325 e. The quantitative estimate of drug-likeness (QED) is 0.890. The number of aromatic amines is 1. The summed E-state index contributed by atoms with van der Waals surface area (Å²) >= 11 is 0. The summed E-state index contributed by atoms with van der Waals surface area (Å²) in [5.74, 6) is 0.594. The summed E-state index contributed by atoms with van der Waals surface area (Å²) in [5, 5.41) is 1.76. The van der Waals surface area contributed by atoms with Gasteiger partial charge in [0, 0.05) is 22.9 Å². The van der Waals surface area contributed by atoms with Crippen LogP contribution in [0.5, 0.6) is 0 Å². The van der Waals surface area contributed by atoms with Gasteiger partial charge in [-0.2, -0.15) is 0 Å². The van der Waals surface area contributed by atoms with E-state index in [4.69, 9.17) is 0 Å². The molecule has 2 aromatic rings. The van der Waals surface area contributed by atoms with Crippen molar-refractivity contribution in [2.24, 2.45) is 5.92 Å². The van der Waals surface area contributed by atoms with Crippen molar-refractivity contribution in [3.8, 4) is 0 Å². The first kappa shape index (κ1) is 13.6. The molecule has 1 aliphatic rings. The summed E-state index contributed by atoms with van der Waals surface area (Å²) in [4.78, 5) is 15.3. The second-order valence-electron chi connectivity index (χ2n) is 5.39. The maximum Gasteiger partial charge on any atom is 0.256 e. The van der Waals surface area contributed by atoms with E-state index in [1.165, 1.54) is 0 Å². The zero-order chi connectivity index (χ0) is 14.7. The second kappa shape index (κ2) is 5.96. The van der Waals surface area contributed by atoms with Crippen molar-refractivity contribution in [2.45, 2.75) is 19.3 Å². The minimum absolute atomic E-state index is 0.00116. The molecule has 106 valence electrons. The Morgan fingerprint density at radius 1 is 1.10 bits per heavy atom. The number of hydrogen-bond acceptors (Lipinski definition) is 1. The maximum atomic E-state index is 12.3. The van der Waals surface area contributed by atoms with Crippen molar-refractivity contribution in [1.29, 1.82) is 0 Å². The number of nitrogens with one attached hydrogen (secondary N) is 1. The van der Waals surface area contributed by atoms with Crippen LogP contribution in [0.2, 0.25) is 0 Å². The minimum atomic E-state index is 0.00116. The molecule has 0 saturated carbocycles. The Labute approximate surface area is 124 Å². The van der Waals surface area contributed by atoms with Crippen molar-refractivity contribution < 1.29 is 0 Å². The van der Waals surface area contributed by atoms with E-state index in [-0.39, 0.29) is 11.5 Å². The van der Waals surface area contributed by atoms with Crippen molar-refractivity contribution >= 4 is 10.8 Å². The Kier molecular flexibility index (Phi) is 3.87. The van der Waals surface area contributed by atoms with E-state index in [1.807, 2.05) is 36.4 Å². The minimum Gasteiger partial charge on any atom is -0.325 e. The van der Waals surface area contributed by atoms with E-state index >= 15 is 0 Å². The molecule has 2 heteroatoms. The number of pyridine rings is 1. The summed E-state index contributed by atoms with van der Waals surface area (Å²) in [7, 11) is 0. The number of rotatable bonds is 3. The summed E-state index contributed by atoms with van der Waals surface area (Å²) in [6.07, 6.45) is 13.6. The average Bonchev–Trinajstić information content (AvgIpc) is 2.77. The number of benzene rings is 1. The predicted octanol–water partition coefficient (Wildman–Crippen LogP) is 4.32. The molecule has 21 heavy (non-hydrogen) atoms. The molecule has 2 nitrogen and oxygen atoms in total. The Bertz CT molecular complexity index is 763. The molecule has 1 unspecified atom stereocenters. The zero-order valence-electron chi connectivity index (χ0n) is 12.1. The first-order valence-corrected chi connectivity index (χ1v) is 7.43. The molecule has 0 fully saturated rings. The van der Waals surface area contributed by atoms with Gasteiger partial charge >= 0.3 is 0 Å². The number of H-pyrrole nitrogens is 1. The SMILES string of the molecule is CCC(c1cc2ccccc2c(=O)[nH]1)C1C=CC=CC=C1. The van der Waals surface area contributed by atoms with Crippen molar-refractivity contribution in [1.82, 2.24) is 4.98 Å². The fourth-order valence-electron chi connectivity index (χ4n) is 2.98. The van der Waals surface area contributed by atoms with Crippen LogP contribution in [0.4, 0.5) is 0 Å². The molecule has 1 aliphatic carbocycles. The lowest BCUT2D eigenvalue weighted by Crippen LogP contribution is -2.16. The van der Waals surface area contributed by atoms with Gasteiger partial charge in [0.15, 0.2) is 0 Å². The smallest absolute Gasteiger partial charge is 0.256 e. The number of fused-ring (bicyclic) bond motifs is 1. The first-order chi connectivity index (χ1) is 10.3. The molecule has 0 radical (unpaired) electrons. The van der Waals surface area contributed by atoms with Crippen LogP contribution in [-0.4, -0.2) is 4.98 Å². The van der Waals surface area contributed by atoms with Gasteiger partial charge in [0.05, 0.1) is 0 Å². The van der Waals surface area contributed by atoms with E-state index in [9.17, 15) is 4.79 Å². The highest BCUT2D eigenvalue weighted by atomic mass is 16.1. The summed E-state index contributed by atoms with van der Waals surface area (Å²) < 4.78 is 0. The Morgan fingerprint density at radius 2 is 1.81 bits per heavy atom. The normalized spacial score (nSPS) is 16.2. The fourth-order valence-corrected chi connectivity index (χ4v) is 2.98. The van der Waals surface area contributed by atoms with Crippen LogP contribution in [0.15, 0.2) is 71.6 Å². The van der Waals surface area contributed by atoms with Gasteiger partial charge in [-0.1, -0.05) is 61.6 Å². The second-order valence-corrected chi connectivity index (χ2v) is 5.39. The molecule has 1 N–H and O–H groups in total. The van der Waals surface area contributed by atoms with E-state index < -0.39 is 0 Å². The van der Waals surface area contributed by atoms with Gasteiger partial charge < -0.3 is 4.98 Å². The third-order valence-corrected chi connectivity index (χ3v) is 4.08. The molecule has 0 amide bonds. The lowest BCUT2D eigenvalue weighted by molar-refractivity contribution is 0.559. The van der Waals surface area contributed by atoms with Crippen LogP contribution in [0.25, 0.3) is 10.8 Å². The highest BCUT2D eigenvalue weighted by Crippen LogP contribution is 2.30. The van der Waals surface area contributed by atoms with E-state index in [0.717, 1.165) is 22.9 Å². The highest BCUT2D eigenvalue weighted by Gasteiger charge is 2.19. The van der Waals surface area contributed by atoms with E-state index in [2.05, 4.69) is 42.3 Å². The van der Waals surface area contributed by atoms with Crippen LogP contribution >= 0.6 is 0 Å². The number of hydrogen-bond donors (Lipinski definition) is 1. The molecule has 3 rings (SSSR count). The third-order valence-electron chi connectivity index (χ3n) is 4.08. The molecule has 1 atom stereocenters. The van der Waals surface area contributed by atoms with Gasteiger partial charge in [0.2, 0.25) is 0 Å². The van der Waals surface area contributed by atoms with Crippen molar-refractivity contribution in [3.05, 3.63) is 82.8 Å². The standard InChI is InChI=1S/C19H19NO/c1-2-16(14-9-5-3-4-6-10-14)18-13-15-11-7-8-12-17(15)19(21)20-18/h3-14,16H,2H2,1H3,(H,20,21). The molecular formula is C19H19NO. The summed E-state index contributed by atoms with van der Waals surface area (Å²) in [5.41, 5.74) is 1.02. The molecule has 1 aromatic carbocycles. The Hall–Kier alpha value is -2.35. The summed E-state index contributed by atoms with van der Waals surface area (Å²) in [6, 6.07) is 9.86. The van der Waals surface area contributed by atoms with Crippen LogP contribution in [0.3, 0.4) is 0 Å². The van der Waals surface area contributed by atoms with Gasteiger partial charge in [-0.05, 0) is 23.9 Å². The Balaban J connectivity index is 2.07. The van der Waals surface area contributed by atoms with Crippen LogP contribution in [0, 0.1) is 5.92 Å². The lowest BCUT2D eigenvalue weighted by Gasteiger charge is -2.21. The fraction of sp³-hybridized carbons (Fsp3) is 0.211. The molecular weight excluding hydrogens is 258 g/mol. The van der Waals surface area contributed by atoms with Crippen LogP contribution in [0.1, 0.15) is 25.0 Å². The highest BCUT2D eigenvalue weighted by molar-refractivity contribution is 5.81. The maximum absolute atomic E-state index is 12.3. The molecule has 1 aromatic heterocycles. The molecule has 0 aliphatic heterocycles. The van der Waals surface area contributed by atoms with Gasteiger partial charge in [-0.3, -0.25) is 4.79 Å². The van der Waals surface area contributed by atoms with E-state index in [1.54, 1.807) is 0 Å². The average molecular weight is 277 g/mol. The lowest BCUT2D eigenvalue weighted by atomic mass is 9.86. The molecule has 0 spiro atoms. The van der Waals surface area contributed by atoms with Gasteiger partial charge in [-0.25, -0.2) is 0 Å². The molecule has 0 bridgehead atoms. The number of aromatic nitrogens is 1. The van der Waals surface area contributed by atoms with Gasteiger partial charge in [-0.15, -0.1) is 0 Å². The molecule has 1 heterocycles. The first-order valence-electron chi connectivity index (χ1n) is 7.43. The Morgan fingerprint density at radius 3 is 2.52 bits per heavy atom. The number of allylic oxidation sites excluding steroid dienone is 6. The van der Waals surface area contributed by atoms with E-state index in [0.29, 0.717) is 5.92 Å². The topological polar surface area (TPSA) is 32.9 Å². The third kappa shape index (κ3) is 2.75. The van der Waals surface area contributed by atoms with Crippen molar-refractivity contribution in [3.63, 3.8) is 0 Å². The monoisotopic (exact) mass is 277 g/mol. The predicted molar refractivity (Wildman–Crippen MR) is 88.5 cm³/mol. The molecule has 0 saturated heterocycles. The summed E-state index contributed by atoms with van der Waals surface area (Å²) in [6.45, 7) is 2.16. The van der Waals surface area contributed by atoms with Crippen LogP contribution < -0.4 is 5.56 Å². The van der Waals surface area contributed by atoms with Gasteiger partial charge in [0.1, 0.15) is 0 Å². The van der Waals surface area contributed by atoms with Crippen LogP contribution in [-0.2, 0) is 0 Å². The van der Waals surface area contributed by atoms with Gasteiger partial charge in [0.25, 0.3) is 5.56 Å². The van der Waals surface area contributed by atoms with Crippen molar-refractivity contribution in [2.75, 3.05) is 0 Å². The zero-order valence-corrected chi connectivity index (χ0v) is 12.1.